The molecule has 3 atom stereocenters. The van der Waals surface area contributed by atoms with Gasteiger partial charge in [-0.1, -0.05) is 20.3 Å². The SMILES string of the molecule is CCCC(CC(=O)O)c1c(O)c2c(c3c1OC(C)(C)C=C3)O[C@H](C)[C@@H](C)C2=O. The van der Waals surface area contributed by atoms with Gasteiger partial charge in [0.05, 0.1) is 17.9 Å². The van der Waals surface area contributed by atoms with E-state index in [0.29, 0.717) is 29.0 Å². The fourth-order valence-corrected chi connectivity index (χ4v) is 3.94. The van der Waals surface area contributed by atoms with E-state index in [-0.39, 0.29) is 29.6 Å². The van der Waals surface area contributed by atoms with Gasteiger partial charge in [0.15, 0.2) is 5.78 Å². The fourth-order valence-electron chi connectivity index (χ4n) is 3.94. The first-order valence-electron chi connectivity index (χ1n) is 9.81. The monoisotopic (exact) mass is 388 g/mol. The molecule has 6 nitrogen and oxygen atoms in total. The van der Waals surface area contributed by atoms with Gasteiger partial charge in [-0.05, 0) is 39.3 Å². The van der Waals surface area contributed by atoms with Crippen molar-refractivity contribution >= 4 is 17.8 Å². The molecule has 0 aromatic heterocycles. The number of hydrogen-bond donors (Lipinski definition) is 2. The second-order valence-electron chi connectivity index (χ2n) is 8.31. The average Bonchev–Trinajstić information content (AvgIpc) is 2.58. The molecule has 0 spiro atoms. The molecule has 28 heavy (non-hydrogen) atoms. The highest BCUT2D eigenvalue weighted by Crippen LogP contribution is 2.53. The van der Waals surface area contributed by atoms with E-state index in [9.17, 15) is 19.8 Å². The van der Waals surface area contributed by atoms with Gasteiger partial charge in [0.25, 0.3) is 0 Å². The molecule has 0 bridgehead atoms. The summed E-state index contributed by atoms with van der Waals surface area (Å²) in [6.45, 7) is 9.32. The molecule has 6 heteroatoms. The number of aliphatic carboxylic acids is 1. The van der Waals surface area contributed by atoms with Crippen LogP contribution in [0.1, 0.15) is 81.3 Å². The lowest BCUT2D eigenvalue weighted by Gasteiger charge is -2.36. The first-order chi connectivity index (χ1) is 13.1. The molecule has 0 radical (unpaired) electrons. The van der Waals surface area contributed by atoms with Crippen molar-refractivity contribution in [1.29, 1.82) is 0 Å². The maximum atomic E-state index is 13.0. The molecule has 2 aliphatic rings. The number of phenolic OH excluding ortho intramolecular Hbond substituents is 1. The van der Waals surface area contributed by atoms with Crippen LogP contribution in [0.25, 0.3) is 6.08 Å². The highest BCUT2D eigenvalue weighted by Gasteiger charge is 2.41. The Labute approximate surface area is 165 Å². The number of fused-ring (bicyclic) bond motifs is 3. The van der Waals surface area contributed by atoms with Crippen LogP contribution in [0.15, 0.2) is 6.08 Å². The van der Waals surface area contributed by atoms with E-state index in [1.165, 1.54) is 0 Å². The fraction of sp³-hybridized carbons (Fsp3) is 0.545. The number of carboxylic acids is 1. The number of aromatic hydroxyl groups is 1. The van der Waals surface area contributed by atoms with Crippen molar-refractivity contribution in [3.05, 3.63) is 22.8 Å². The van der Waals surface area contributed by atoms with Crippen LogP contribution in [-0.2, 0) is 4.79 Å². The maximum Gasteiger partial charge on any atom is 0.303 e. The number of carboxylic acid groups (broad SMARTS) is 1. The molecule has 2 aliphatic heterocycles. The summed E-state index contributed by atoms with van der Waals surface area (Å²) in [5.74, 6) is -1.49. The van der Waals surface area contributed by atoms with Gasteiger partial charge in [-0.3, -0.25) is 9.59 Å². The molecule has 0 saturated heterocycles. The molecule has 2 heterocycles. The molecule has 0 aliphatic carbocycles. The minimum atomic E-state index is -0.959. The summed E-state index contributed by atoms with van der Waals surface area (Å²) in [7, 11) is 0. The molecule has 0 amide bonds. The van der Waals surface area contributed by atoms with Crippen molar-refractivity contribution in [3.63, 3.8) is 0 Å². The maximum absolute atomic E-state index is 13.0. The Hall–Kier alpha value is -2.50. The molecule has 152 valence electrons. The van der Waals surface area contributed by atoms with E-state index in [0.717, 1.165) is 6.42 Å². The molecule has 1 unspecified atom stereocenters. The largest absolute Gasteiger partial charge is 0.507 e. The minimum absolute atomic E-state index is 0.138. The molecule has 3 rings (SSSR count). The first-order valence-corrected chi connectivity index (χ1v) is 9.81. The Morgan fingerprint density at radius 3 is 2.57 bits per heavy atom. The van der Waals surface area contributed by atoms with Crippen LogP contribution in [0.5, 0.6) is 17.2 Å². The van der Waals surface area contributed by atoms with Crippen LogP contribution in [0.2, 0.25) is 0 Å². The highest BCUT2D eigenvalue weighted by molar-refractivity contribution is 6.06. The summed E-state index contributed by atoms with van der Waals surface area (Å²) in [6.07, 6.45) is 4.53. The summed E-state index contributed by atoms with van der Waals surface area (Å²) in [6, 6.07) is 0. The Bertz CT molecular complexity index is 851. The van der Waals surface area contributed by atoms with Gasteiger partial charge < -0.3 is 19.7 Å². The van der Waals surface area contributed by atoms with Crippen LogP contribution >= 0.6 is 0 Å². The Balaban J connectivity index is 2.32. The number of hydrogen-bond acceptors (Lipinski definition) is 5. The standard InChI is InChI=1S/C22H28O6/c1-6-7-13(10-15(23)24)16-19(26)17-18(25)11(2)12(3)27-20(17)14-8-9-22(4,5)28-21(14)16/h8-9,11-13,26H,6-7,10H2,1-5H3,(H,23,24)/t11-,12-,13?/m1/s1. The Morgan fingerprint density at radius 1 is 1.29 bits per heavy atom. The second-order valence-corrected chi connectivity index (χ2v) is 8.31. The summed E-state index contributed by atoms with van der Waals surface area (Å²) in [4.78, 5) is 24.5. The van der Waals surface area contributed by atoms with Gasteiger partial charge in [-0.15, -0.1) is 0 Å². The smallest absolute Gasteiger partial charge is 0.303 e. The lowest BCUT2D eigenvalue weighted by Crippen LogP contribution is -2.35. The van der Waals surface area contributed by atoms with Crippen LogP contribution in [0, 0.1) is 5.92 Å². The number of carbonyl (C=O) groups excluding carboxylic acids is 1. The van der Waals surface area contributed by atoms with Gasteiger partial charge in [0, 0.05) is 11.5 Å². The van der Waals surface area contributed by atoms with Crippen molar-refractivity contribution in [2.75, 3.05) is 0 Å². The van der Waals surface area contributed by atoms with E-state index >= 15 is 0 Å². The van der Waals surface area contributed by atoms with Gasteiger partial charge in [-0.25, -0.2) is 0 Å². The van der Waals surface area contributed by atoms with Gasteiger partial charge in [0.2, 0.25) is 0 Å². The van der Waals surface area contributed by atoms with Gasteiger partial charge >= 0.3 is 5.97 Å². The summed E-state index contributed by atoms with van der Waals surface area (Å²) in [5, 5.41) is 20.6. The minimum Gasteiger partial charge on any atom is -0.507 e. The van der Waals surface area contributed by atoms with Crippen molar-refractivity contribution in [1.82, 2.24) is 0 Å². The number of carbonyl (C=O) groups is 2. The van der Waals surface area contributed by atoms with E-state index in [1.807, 2.05) is 39.8 Å². The molecule has 0 saturated carbocycles. The summed E-state index contributed by atoms with van der Waals surface area (Å²) >= 11 is 0. The van der Waals surface area contributed by atoms with Gasteiger partial charge in [-0.2, -0.15) is 0 Å². The molecule has 2 N–H and O–H groups in total. The summed E-state index contributed by atoms with van der Waals surface area (Å²) in [5.41, 5.74) is 0.508. The second kappa shape index (κ2) is 7.15. The van der Waals surface area contributed by atoms with Crippen LogP contribution < -0.4 is 9.47 Å². The van der Waals surface area contributed by atoms with Crippen molar-refractivity contribution < 1.29 is 29.3 Å². The third-order valence-electron chi connectivity index (χ3n) is 5.60. The Kier molecular flexibility index (Phi) is 5.17. The van der Waals surface area contributed by atoms with Crippen LogP contribution in [-0.4, -0.2) is 33.7 Å². The predicted octanol–water partition coefficient (Wildman–Crippen LogP) is 4.53. The number of phenols is 1. The van der Waals surface area contributed by atoms with Crippen molar-refractivity contribution in [2.45, 2.75) is 71.5 Å². The zero-order valence-corrected chi connectivity index (χ0v) is 17.0. The lowest BCUT2D eigenvalue weighted by molar-refractivity contribution is -0.137. The van der Waals surface area contributed by atoms with E-state index in [1.54, 1.807) is 6.92 Å². The number of rotatable bonds is 5. The molecule has 0 fully saturated rings. The third-order valence-corrected chi connectivity index (χ3v) is 5.60. The molecular weight excluding hydrogens is 360 g/mol. The average molecular weight is 388 g/mol. The van der Waals surface area contributed by atoms with Crippen molar-refractivity contribution in [2.24, 2.45) is 5.92 Å². The third kappa shape index (κ3) is 3.36. The highest BCUT2D eigenvalue weighted by atomic mass is 16.5. The molecule has 1 aromatic rings. The van der Waals surface area contributed by atoms with Crippen molar-refractivity contribution in [3.8, 4) is 17.2 Å². The lowest BCUT2D eigenvalue weighted by atomic mass is 9.81. The van der Waals surface area contributed by atoms with Crippen LogP contribution in [0.4, 0.5) is 0 Å². The first kappa shape index (κ1) is 20.2. The zero-order valence-electron chi connectivity index (χ0n) is 17.0. The number of benzene rings is 1. The number of ketones is 1. The number of Topliss-reactive ketones (excluding diaryl/α,β-unsaturated/α-hetero) is 1. The quantitative estimate of drug-likeness (QED) is 0.769. The zero-order chi connectivity index (χ0) is 20.8. The predicted molar refractivity (Wildman–Crippen MR) is 105 cm³/mol. The van der Waals surface area contributed by atoms with E-state index in [2.05, 4.69) is 0 Å². The molecular formula is C22H28O6. The van der Waals surface area contributed by atoms with Gasteiger partial charge in [0.1, 0.15) is 34.5 Å². The summed E-state index contributed by atoms with van der Waals surface area (Å²) < 4.78 is 12.2. The molecule has 1 aromatic carbocycles. The van der Waals surface area contributed by atoms with E-state index in [4.69, 9.17) is 9.47 Å². The van der Waals surface area contributed by atoms with Crippen LogP contribution in [0.3, 0.4) is 0 Å². The topological polar surface area (TPSA) is 93.1 Å². The number of ether oxygens (including phenoxy) is 2. The Morgan fingerprint density at radius 2 is 1.96 bits per heavy atom. The van der Waals surface area contributed by atoms with E-state index < -0.39 is 23.4 Å². The normalized spacial score (nSPS) is 23.2.